The van der Waals surface area contributed by atoms with Crippen LogP contribution in [0.5, 0.6) is 11.6 Å². The predicted octanol–water partition coefficient (Wildman–Crippen LogP) is 4.01. The van der Waals surface area contributed by atoms with Gasteiger partial charge in [0.25, 0.3) is 5.91 Å². The number of amides is 1. The predicted molar refractivity (Wildman–Crippen MR) is 103 cm³/mol. The van der Waals surface area contributed by atoms with Gasteiger partial charge in [0.2, 0.25) is 5.88 Å². The summed E-state index contributed by atoms with van der Waals surface area (Å²) in [5.41, 5.74) is 2.48. The Labute approximate surface area is 157 Å². The maximum Gasteiger partial charge on any atom is 0.251 e. The zero-order chi connectivity index (χ0) is 19.2. The lowest BCUT2D eigenvalue weighted by atomic mass is 10.2. The molecule has 1 amide bonds. The second kappa shape index (κ2) is 8.31. The van der Waals surface area contributed by atoms with Crippen LogP contribution in [0.25, 0.3) is 0 Å². The van der Waals surface area contributed by atoms with E-state index in [1.54, 1.807) is 24.4 Å². The van der Waals surface area contributed by atoms with Crippen LogP contribution in [0.1, 0.15) is 15.9 Å². The number of anilines is 1. The fraction of sp³-hybridized carbons (Fsp3) is 0.143. The van der Waals surface area contributed by atoms with E-state index in [1.807, 2.05) is 37.2 Å². The summed E-state index contributed by atoms with van der Waals surface area (Å²) in [5.74, 6) is 0.437. The van der Waals surface area contributed by atoms with Crippen molar-refractivity contribution in [3.63, 3.8) is 0 Å². The van der Waals surface area contributed by atoms with Gasteiger partial charge < -0.3 is 15.0 Å². The molecule has 1 N–H and O–H groups in total. The Balaban J connectivity index is 1.55. The highest BCUT2D eigenvalue weighted by atomic mass is 19.1. The SMILES string of the molecule is CN(C)c1ccc(C(=O)NCc2ccc(Oc3ccc(F)cc3)nc2)cc1. The second-order valence-electron chi connectivity index (χ2n) is 6.18. The maximum atomic E-state index is 12.9. The van der Waals surface area contributed by atoms with E-state index in [0.717, 1.165) is 11.3 Å². The number of carbonyl (C=O) groups excluding carboxylic acids is 1. The molecule has 1 aromatic heterocycles. The smallest absolute Gasteiger partial charge is 0.251 e. The molecule has 6 heteroatoms. The first-order valence-electron chi connectivity index (χ1n) is 8.45. The Kier molecular flexibility index (Phi) is 5.66. The van der Waals surface area contributed by atoms with Crippen LogP contribution >= 0.6 is 0 Å². The van der Waals surface area contributed by atoms with Crippen LogP contribution in [0, 0.1) is 5.82 Å². The third-order valence-electron chi connectivity index (χ3n) is 3.93. The summed E-state index contributed by atoms with van der Waals surface area (Å²) in [6, 6.07) is 16.6. The summed E-state index contributed by atoms with van der Waals surface area (Å²) in [7, 11) is 3.90. The zero-order valence-electron chi connectivity index (χ0n) is 15.1. The number of hydrogen-bond donors (Lipinski definition) is 1. The minimum absolute atomic E-state index is 0.146. The van der Waals surface area contributed by atoms with Crippen LogP contribution in [0.3, 0.4) is 0 Å². The number of benzene rings is 2. The van der Waals surface area contributed by atoms with E-state index >= 15 is 0 Å². The first-order chi connectivity index (χ1) is 13.0. The van der Waals surface area contributed by atoms with Crippen LogP contribution in [0.2, 0.25) is 0 Å². The lowest BCUT2D eigenvalue weighted by Crippen LogP contribution is -2.22. The van der Waals surface area contributed by atoms with E-state index in [0.29, 0.717) is 23.7 Å². The van der Waals surface area contributed by atoms with Crippen molar-refractivity contribution in [3.05, 3.63) is 83.8 Å². The van der Waals surface area contributed by atoms with Gasteiger partial charge in [-0.15, -0.1) is 0 Å². The summed E-state index contributed by atoms with van der Waals surface area (Å²) in [6.45, 7) is 0.359. The first kappa shape index (κ1) is 18.4. The van der Waals surface area contributed by atoms with Gasteiger partial charge >= 0.3 is 0 Å². The summed E-state index contributed by atoms with van der Waals surface area (Å²) >= 11 is 0. The Morgan fingerprint density at radius 1 is 1.04 bits per heavy atom. The number of nitrogens with zero attached hydrogens (tertiary/aromatic N) is 2. The van der Waals surface area contributed by atoms with Gasteiger partial charge in [0.05, 0.1) is 0 Å². The second-order valence-corrected chi connectivity index (χ2v) is 6.18. The fourth-order valence-electron chi connectivity index (χ4n) is 2.39. The molecule has 0 spiro atoms. The highest BCUT2D eigenvalue weighted by Crippen LogP contribution is 2.19. The van der Waals surface area contributed by atoms with Crippen LogP contribution in [-0.2, 0) is 6.54 Å². The molecule has 0 saturated heterocycles. The van der Waals surface area contributed by atoms with E-state index < -0.39 is 0 Å². The molecule has 1 heterocycles. The van der Waals surface area contributed by atoms with Crippen LogP contribution in [0.15, 0.2) is 66.9 Å². The van der Waals surface area contributed by atoms with Gasteiger partial charge in [-0.2, -0.15) is 0 Å². The van der Waals surface area contributed by atoms with E-state index in [4.69, 9.17) is 4.74 Å². The summed E-state index contributed by atoms with van der Waals surface area (Å²) in [5, 5.41) is 2.86. The van der Waals surface area contributed by atoms with Crippen molar-refractivity contribution >= 4 is 11.6 Å². The van der Waals surface area contributed by atoms with Crippen LogP contribution < -0.4 is 15.0 Å². The summed E-state index contributed by atoms with van der Waals surface area (Å²) in [4.78, 5) is 18.4. The Morgan fingerprint density at radius 2 is 1.74 bits per heavy atom. The molecule has 0 unspecified atom stereocenters. The average Bonchev–Trinajstić information content (AvgIpc) is 2.69. The number of carbonyl (C=O) groups is 1. The molecule has 0 radical (unpaired) electrons. The minimum Gasteiger partial charge on any atom is -0.439 e. The number of nitrogens with one attached hydrogen (secondary N) is 1. The monoisotopic (exact) mass is 365 g/mol. The maximum absolute atomic E-state index is 12.9. The number of aromatic nitrogens is 1. The highest BCUT2D eigenvalue weighted by molar-refractivity contribution is 5.94. The number of pyridine rings is 1. The first-order valence-corrected chi connectivity index (χ1v) is 8.45. The van der Waals surface area contributed by atoms with Gasteiger partial charge in [0.15, 0.2) is 0 Å². The molecule has 3 aromatic rings. The van der Waals surface area contributed by atoms with Crippen molar-refractivity contribution in [3.8, 4) is 11.6 Å². The molecule has 0 aliphatic heterocycles. The third kappa shape index (κ3) is 5.04. The molecule has 0 atom stereocenters. The third-order valence-corrected chi connectivity index (χ3v) is 3.93. The highest BCUT2D eigenvalue weighted by Gasteiger charge is 2.06. The number of rotatable bonds is 6. The van der Waals surface area contributed by atoms with Gasteiger partial charge in [-0.25, -0.2) is 9.37 Å². The summed E-state index contributed by atoms with van der Waals surface area (Å²) < 4.78 is 18.4. The molecular formula is C21H20FN3O2. The normalized spacial score (nSPS) is 10.3. The molecule has 0 saturated carbocycles. The van der Waals surface area contributed by atoms with Crippen molar-refractivity contribution in [2.24, 2.45) is 0 Å². The number of ether oxygens (including phenoxy) is 1. The van der Waals surface area contributed by atoms with E-state index in [9.17, 15) is 9.18 Å². The molecule has 5 nitrogen and oxygen atoms in total. The molecule has 3 rings (SSSR count). The molecule has 0 aliphatic rings. The molecule has 0 aliphatic carbocycles. The van der Waals surface area contributed by atoms with E-state index in [2.05, 4.69) is 10.3 Å². The van der Waals surface area contributed by atoms with E-state index in [1.165, 1.54) is 24.3 Å². The van der Waals surface area contributed by atoms with Crippen LogP contribution in [0.4, 0.5) is 10.1 Å². The quantitative estimate of drug-likeness (QED) is 0.717. The molecule has 138 valence electrons. The summed E-state index contributed by atoms with van der Waals surface area (Å²) in [6.07, 6.45) is 1.63. The fourth-order valence-corrected chi connectivity index (χ4v) is 2.39. The molecule has 0 bridgehead atoms. The van der Waals surface area contributed by atoms with Gasteiger partial charge in [-0.1, -0.05) is 6.07 Å². The lowest BCUT2D eigenvalue weighted by Gasteiger charge is -2.12. The van der Waals surface area contributed by atoms with Crippen molar-refractivity contribution in [1.29, 1.82) is 0 Å². The standard InChI is InChI=1S/C21H20FN3O2/c1-25(2)18-8-4-16(5-9-18)21(26)24-14-15-3-12-20(23-13-15)27-19-10-6-17(22)7-11-19/h3-13H,14H2,1-2H3,(H,24,26). The zero-order valence-corrected chi connectivity index (χ0v) is 15.1. The van der Waals surface area contributed by atoms with Crippen LogP contribution in [-0.4, -0.2) is 25.0 Å². The minimum atomic E-state index is -0.322. The van der Waals surface area contributed by atoms with Gasteiger partial charge in [-0.3, -0.25) is 4.79 Å². The largest absolute Gasteiger partial charge is 0.439 e. The molecule has 27 heavy (non-hydrogen) atoms. The van der Waals surface area contributed by atoms with Gasteiger partial charge in [0.1, 0.15) is 11.6 Å². The Hall–Kier alpha value is -3.41. The molecule has 0 fully saturated rings. The Morgan fingerprint density at radius 3 is 2.33 bits per heavy atom. The lowest BCUT2D eigenvalue weighted by molar-refractivity contribution is 0.0951. The average molecular weight is 365 g/mol. The molecule has 2 aromatic carbocycles. The van der Waals surface area contributed by atoms with Crippen molar-refractivity contribution in [2.75, 3.05) is 19.0 Å². The van der Waals surface area contributed by atoms with Crippen molar-refractivity contribution in [1.82, 2.24) is 10.3 Å². The van der Waals surface area contributed by atoms with Gasteiger partial charge in [0, 0.05) is 44.2 Å². The Bertz CT molecular complexity index is 892. The van der Waals surface area contributed by atoms with Crippen molar-refractivity contribution in [2.45, 2.75) is 6.54 Å². The number of hydrogen-bond acceptors (Lipinski definition) is 4. The van der Waals surface area contributed by atoms with Crippen molar-refractivity contribution < 1.29 is 13.9 Å². The van der Waals surface area contributed by atoms with E-state index in [-0.39, 0.29) is 11.7 Å². The number of halogens is 1. The van der Waals surface area contributed by atoms with Gasteiger partial charge in [-0.05, 0) is 54.1 Å². The topological polar surface area (TPSA) is 54.5 Å². The molecular weight excluding hydrogens is 345 g/mol.